The predicted molar refractivity (Wildman–Crippen MR) is 132 cm³/mol. The molecule has 0 aliphatic rings. The normalized spacial score (nSPS) is 10.8. The summed E-state index contributed by atoms with van der Waals surface area (Å²) in [7, 11) is -0.368. The lowest BCUT2D eigenvalue weighted by atomic mass is 10.2. The number of carbonyl (C=O) groups is 3. The van der Waals surface area contributed by atoms with Crippen LogP contribution in [0.1, 0.15) is 88.4 Å². The topological polar surface area (TPSA) is 69.7 Å². The van der Waals surface area contributed by atoms with Gasteiger partial charge in [0.1, 0.15) is 11.5 Å². The maximum absolute atomic E-state index is 12.7. The summed E-state index contributed by atoms with van der Waals surface area (Å²) in [5, 5.41) is 0. The Morgan fingerprint density at radius 1 is 0.719 bits per heavy atom. The van der Waals surface area contributed by atoms with Crippen LogP contribution in [-0.4, -0.2) is 48.2 Å². The van der Waals surface area contributed by atoms with Crippen molar-refractivity contribution < 1.29 is 23.9 Å². The van der Waals surface area contributed by atoms with Crippen LogP contribution in [0.5, 0.6) is 0 Å². The van der Waals surface area contributed by atoms with Crippen LogP contribution in [0.3, 0.4) is 0 Å². The van der Waals surface area contributed by atoms with Crippen molar-refractivity contribution in [1.82, 2.24) is 0 Å². The Morgan fingerprint density at radius 2 is 1.22 bits per heavy atom. The molecule has 180 valence electrons. The highest BCUT2D eigenvalue weighted by Gasteiger charge is 2.26. The summed E-state index contributed by atoms with van der Waals surface area (Å²) in [4.78, 5) is 36.9. The zero-order chi connectivity index (χ0) is 23.4. The number of unbranched alkanes of at least 4 members (excludes halogenated alkanes) is 6. The third kappa shape index (κ3) is 14.3. The smallest absolute Gasteiger partial charge is 0.310 e. The van der Waals surface area contributed by atoms with E-state index in [4.69, 9.17) is 9.47 Å². The molecule has 32 heavy (non-hydrogen) atoms. The first kappa shape index (κ1) is 28.2. The molecule has 1 aromatic rings. The standard InChI is InChI=1S/C26H41O5S/c1-3-5-7-12-18-30-25(28)16-20-32(22-24(27)23-14-10-9-11-15-23)21-17-26(29)31-19-13-8-6-4-2/h9-11,14-15H,3-8,12-13,16-22H2,1-2H3/q+1. The highest BCUT2D eigenvalue weighted by atomic mass is 32.2. The van der Waals surface area contributed by atoms with E-state index in [-0.39, 0.29) is 41.5 Å². The van der Waals surface area contributed by atoms with E-state index in [9.17, 15) is 14.4 Å². The molecule has 0 N–H and O–H groups in total. The Labute approximate surface area is 197 Å². The van der Waals surface area contributed by atoms with Crippen LogP contribution in [0.25, 0.3) is 0 Å². The third-order valence-electron chi connectivity index (χ3n) is 5.14. The summed E-state index contributed by atoms with van der Waals surface area (Å²) in [5.74, 6) is 1.09. The van der Waals surface area contributed by atoms with E-state index in [1.54, 1.807) is 12.1 Å². The van der Waals surface area contributed by atoms with Crippen LogP contribution in [0.15, 0.2) is 30.3 Å². The molecule has 1 aromatic carbocycles. The number of hydrogen-bond donors (Lipinski definition) is 0. The molecule has 5 nitrogen and oxygen atoms in total. The van der Waals surface area contributed by atoms with Crippen LogP contribution < -0.4 is 0 Å². The van der Waals surface area contributed by atoms with Gasteiger partial charge in [0.25, 0.3) is 0 Å². The van der Waals surface area contributed by atoms with E-state index >= 15 is 0 Å². The molecule has 0 spiro atoms. The Balaban J connectivity index is 2.46. The molecule has 0 amide bonds. The summed E-state index contributed by atoms with van der Waals surface area (Å²) in [6, 6.07) is 9.18. The van der Waals surface area contributed by atoms with Gasteiger partial charge in [0.15, 0.2) is 5.75 Å². The number of benzene rings is 1. The lowest BCUT2D eigenvalue weighted by Gasteiger charge is -2.10. The van der Waals surface area contributed by atoms with Crippen LogP contribution in [0.2, 0.25) is 0 Å². The maximum atomic E-state index is 12.7. The molecule has 0 heterocycles. The van der Waals surface area contributed by atoms with E-state index in [0.717, 1.165) is 51.4 Å². The summed E-state index contributed by atoms with van der Waals surface area (Å²) in [6.07, 6.45) is 9.08. The minimum atomic E-state index is -0.368. The SMILES string of the molecule is CCCCCCOC(=O)CC[S+](CCC(=O)OCCCCCC)CC(=O)c1ccccc1. The number of ketones is 1. The fourth-order valence-corrected chi connectivity index (χ4v) is 5.11. The highest BCUT2D eigenvalue weighted by molar-refractivity contribution is 7.97. The minimum absolute atomic E-state index is 0.0507. The second kappa shape index (κ2) is 18.7. The summed E-state index contributed by atoms with van der Waals surface area (Å²) >= 11 is 0. The molecule has 0 atom stereocenters. The minimum Gasteiger partial charge on any atom is -0.466 e. The number of carbonyl (C=O) groups excluding carboxylic acids is 3. The highest BCUT2D eigenvalue weighted by Crippen LogP contribution is 2.10. The molecular weight excluding hydrogens is 424 g/mol. The molecule has 0 saturated heterocycles. The lowest BCUT2D eigenvalue weighted by Crippen LogP contribution is -2.26. The van der Waals surface area contributed by atoms with Crippen LogP contribution in [0, 0.1) is 0 Å². The number of hydrogen-bond acceptors (Lipinski definition) is 5. The molecule has 0 aliphatic heterocycles. The molecular formula is C26H41O5S+. The number of esters is 2. The van der Waals surface area contributed by atoms with Crippen molar-refractivity contribution in [2.45, 2.75) is 78.1 Å². The Morgan fingerprint density at radius 3 is 1.69 bits per heavy atom. The van der Waals surface area contributed by atoms with Crippen molar-refractivity contribution in [3.63, 3.8) is 0 Å². The van der Waals surface area contributed by atoms with E-state index in [2.05, 4.69) is 13.8 Å². The van der Waals surface area contributed by atoms with Gasteiger partial charge in [-0.1, -0.05) is 82.7 Å². The quantitative estimate of drug-likeness (QED) is 0.117. The van der Waals surface area contributed by atoms with Gasteiger partial charge in [0, 0.05) is 5.56 Å². The number of ether oxygens (including phenoxy) is 2. The molecule has 0 aliphatic carbocycles. The molecule has 0 radical (unpaired) electrons. The molecule has 0 bridgehead atoms. The first-order valence-corrected chi connectivity index (χ1v) is 13.8. The van der Waals surface area contributed by atoms with Crippen molar-refractivity contribution >= 4 is 28.6 Å². The van der Waals surface area contributed by atoms with E-state index in [1.807, 2.05) is 18.2 Å². The van der Waals surface area contributed by atoms with Gasteiger partial charge in [0.05, 0.1) is 26.1 Å². The van der Waals surface area contributed by atoms with Crippen LogP contribution in [-0.2, 0) is 30.0 Å². The summed E-state index contributed by atoms with van der Waals surface area (Å²) < 4.78 is 10.7. The first-order chi connectivity index (χ1) is 15.6. The Hall–Kier alpha value is -1.82. The molecule has 0 fully saturated rings. The summed E-state index contributed by atoms with van der Waals surface area (Å²) in [5.41, 5.74) is 0.669. The number of rotatable bonds is 19. The van der Waals surface area contributed by atoms with Gasteiger partial charge in [-0.05, 0) is 23.7 Å². The van der Waals surface area contributed by atoms with Gasteiger partial charge in [-0.3, -0.25) is 14.4 Å². The van der Waals surface area contributed by atoms with Gasteiger partial charge in [-0.2, -0.15) is 0 Å². The fraction of sp³-hybridized carbons (Fsp3) is 0.654. The van der Waals surface area contributed by atoms with Gasteiger partial charge >= 0.3 is 11.9 Å². The van der Waals surface area contributed by atoms with Crippen LogP contribution >= 0.6 is 0 Å². The predicted octanol–water partition coefficient (Wildman–Crippen LogP) is 5.51. The zero-order valence-electron chi connectivity index (χ0n) is 19.9. The molecule has 0 aromatic heterocycles. The van der Waals surface area contributed by atoms with Crippen molar-refractivity contribution in [3.8, 4) is 0 Å². The van der Waals surface area contributed by atoms with Crippen molar-refractivity contribution in [2.24, 2.45) is 0 Å². The molecule has 1 rings (SSSR count). The van der Waals surface area contributed by atoms with Crippen molar-refractivity contribution in [1.29, 1.82) is 0 Å². The van der Waals surface area contributed by atoms with E-state index in [1.165, 1.54) is 0 Å². The first-order valence-electron chi connectivity index (χ1n) is 12.1. The van der Waals surface area contributed by atoms with Gasteiger partial charge in [-0.15, -0.1) is 0 Å². The molecule has 0 saturated carbocycles. The third-order valence-corrected chi connectivity index (χ3v) is 7.38. The van der Waals surface area contributed by atoms with Gasteiger partial charge in [-0.25, -0.2) is 0 Å². The fourth-order valence-electron chi connectivity index (χ4n) is 3.17. The monoisotopic (exact) mass is 465 g/mol. The summed E-state index contributed by atoms with van der Waals surface area (Å²) in [6.45, 7) is 5.21. The Bertz CT molecular complexity index is 617. The average molecular weight is 466 g/mol. The van der Waals surface area contributed by atoms with E-state index < -0.39 is 0 Å². The van der Waals surface area contributed by atoms with Crippen molar-refractivity contribution in [3.05, 3.63) is 35.9 Å². The van der Waals surface area contributed by atoms with Gasteiger partial charge in [0.2, 0.25) is 5.78 Å². The Kier molecular flexibility index (Phi) is 16.5. The largest absolute Gasteiger partial charge is 0.466 e. The second-order valence-corrected chi connectivity index (χ2v) is 10.3. The van der Waals surface area contributed by atoms with Crippen LogP contribution in [0.4, 0.5) is 0 Å². The van der Waals surface area contributed by atoms with Gasteiger partial charge < -0.3 is 9.47 Å². The maximum Gasteiger partial charge on any atom is 0.310 e. The average Bonchev–Trinajstić information content (AvgIpc) is 2.81. The number of Topliss-reactive ketones (excluding diaryl/α,β-unsaturated/α-hetero) is 1. The van der Waals surface area contributed by atoms with Crippen molar-refractivity contribution in [2.75, 3.05) is 30.5 Å². The second-order valence-electron chi connectivity index (χ2n) is 8.02. The molecule has 0 unspecified atom stereocenters. The zero-order valence-corrected chi connectivity index (χ0v) is 20.8. The molecule has 6 heteroatoms. The lowest BCUT2D eigenvalue weighted by molar-refractivity contribution is -0.144. The van der Waals surface area contributed by atoms with E-state index in [0.29, 0.717) is 36.0 Å².